The molecule has 1 aromatic rings. The Morgan fingerprint density at radius 1 is 1.11 bits per heavy atom. The number of nitrogens with zero attached hydrogens (tertiary/aromatic N) is 3. The van der Waals surface area contributed by atoms with Crippen LogP contribution in [0.25, 0.3) is 0 Å². The van der Waals surface area contributed by atoms with Crippen molar-refractivity contribution in [3.05, 3.63) is 29.6 Å². The third kappa shape index (κ3) is 4.97. The molecule has 0 aliphatic carbocycles. The molecule has 2 heterocycles. The number of anilines is 1. The van der Waals surface area contributed by atoms with Crippen molar-refractivity contribution in [2.45, 2.75) is 32.2 Å². The van der Waals surface area contributed by atoms with Crippen molar-refractivity contribution in [2.75, 3.05) is 45.6 Å². The van der Waals surface area contributed by atoms with E-state index in [1.54, 1.807) is 12.1 Å². The Labute approximate surface area is 160 Å². The number of carbonyl (C=O) groups is 2. The van der Waals surface area contributed by atoms with Gasteiger partial charge in [-0.05, 0) is 51.9 Å². The van der Waals surface area contributed by atoms with E-state index in [-0.39, 0.29) is 23.7 Å². The Balaban J connectivity index is 1.50. The lowest BCUT2D eigenvalue weighted by Crippen LogP contribution is -2.47. The van der Waals surface area contributed by atoms with Crippen LogP contribution >= 0.6 is 0 Å². The van der Waals surface area contributed by atoms with Crippen LogP contribution in [0.4, 0.5) is 14.9 Å². The van der Waals surface area contributed by atoms with Gasteiger partial charge in [0, 0.05) is 49.9 Å². The number of rotatable bonds is 4. The Morgan fingerprint density at radius 2 is 1.74 bits per heavy atom. The van der Waals surface area contributed by atoms with E-state index in [4.69, 9.17) is 0 Å². The van der Waals surface area contributed by atoms with Crippen molar-refractivity contribution in [1.29, 1.82) is 0 Å². The molecule has 0 spiro atoms. The van der Waals surface area contributed by atoms with Gasteiger partial charge in [-0.1, -0.05) is 6.07 Å². The summed E-state index contributed by atoms with van der Waals surface area (Å²) in [5.74, 6) is -0.548. The second-order valence-electron chi connectivity index (χ2n) is 7.77. The predicted octanol–water partition coefficient (Wildman–Crippen LogP) is 2.75. The molecule has 1 N–H and O–H groups in total. The van der Waals surface area contributed by atoms with Crippen molar-refractivity contribution >= 4 is 17.6 Å². The molecule has 0 radical (unpaired) electrons. The van der Waals surface area contributed by atoms with Gasteiger partial charge in [-0.25, -0.2) is 9.18 Å². The maximum absolute atomic E-state index is 14.2. The fourth-order valence-electron chi connectivity index (χ4n) is 3.78. The average Bonchev–Trinajstić information content (AvgIpc) is 3.18. The first-order valence-electron chi connectivity index (χ1n) is 9.72. The summed E-state index contributed by atoms with van der Waals surface area (Å²) in [6.07, 6.45) is 3.45. The lowest BCUT2D eigenvalue weighted by molar-refractivity contribution is -0.121. The maximum atomic E-state index is 14.2. The van der Waals surface area contributed by atoms with Crippen LogP contribution in [0.5, 0.6) is 0 Å². The lowest BCUT2D eigenvalue weighted by atomic mass is 9.96. The molecule has 0 aromatic heterocycles. The molecule has 0 unspecified atom stereocenters. The van der Waals surface area contributed by atoms with E-state index in [2.05, 4.69) is 5.32 Å². The van der Waals surface area contributed by atoms with Crippen molar-refractivity contribution in [3.8, 4) is 0 Å². The largest absolute Gasteiger partial charge is 0.326 e. The van der Waals surface area contributed by atoms with Crippen LogP contribution in [-0.2, 0) is 11.3 Å². The van der Waals surface area contributed by atoms with Gasteiger partial charge in [0.2, 0.25) is 5.91 Å². The molecule has 2 fully saturated rings. The number of halogens is 1. The van der Waals surface area contributed by atoms with Crippen LogP contribution in [0.2, 0.25) is 0 Å². The SMILES string of the molecule is CN(C)Cc1ccc(NC(=O)C2CCN(C(=O)N3CCCC3)CC2)cc1F. The van der Waals surface area contributed by atoms with Crippen LogP contribution in [0, 0.1) is 11.7 Å². The highest BCUT2D eigenvalue weighted by Crippen LogP contribution is 2.22. The first-order valence-corrected chi connectivity index (χ1v) is 9.72. The number of piperidine rings is 1. The van der Waals surface area contributed by atoms with Gasteiger partial charge in [0.25, 0.3) is 0 Å². The van der Waals surface area contributed by atoms with Crippen LogP contribution in [0.1, 0.15) is 31.2 Å². The summed E-state index contributed by atoms with van der Waals surface area (Å²) in [4.78, 5) is 30.6. The van der Waals surface area contributed by atoms with E-state index in [1.807, 2.05) is 28.8 Å². The molecule has 148 valence electrons. The van der Waals surface area contributed by atoms with Crippen molar-refractivity contribution < 1.29 is 14.0 Å². The zero-order chi connectivity index (χ0) is 19.4. The highest BCUT2D eigenvalue weighted by atomic mass is 19.1. The predicted molar refractivity (Wildman–Crippen MR) is 103 cm³/mol. The summed E-state index contributed by atoms with van der Waals surface area (Å²) in [5.41, 5.74) is 1.09. The summed E-state index contributed by atoms with van der Waals surface area (Å²) in [6.45, 7) is 3.40. The van der Waals surface area contributed by atoms with Gasteiger partial charge in [0.1, 0.15) is 5.82 Å². The molecular weight excluding hydrogens is 347 g/mol. The first kappa shape index (κ1) is 19.6. The van der Waals surface area contributed by atoms with Crippen molar-refractivity contribution in [2.24, 2.45) is 5.92 Å². The molecule has 7 heteroatoms. The Morgan fingerprint density at radius 3 is 2.33 bits per heavy atom. The molecule has 1 aromatic carbocycles. The Bertz CT molecular complexity index is 681. The van der Waals surface area contributed by atoms with Crippen LogP contribution in [-0.4, -0.2) is 66.9 Å². The highest BCUT2D eigenvalue weighted by molar-refractivity contribution is 5.92. The van der Waals surface area contributed by atoms with Gasteiger partial charge in [0.05, 0.1) is 0 Å². The molecule has 2 aliphatic heterocycles. The number of carbonyl (C=O) groups excluding carboxylic acids is 2. The van der Waals surface area contributed by atoms with Gasteiger partial charge < -0.3 is 20.0 Å². The van der Waals surface area contributed by atoms with Gasteiger partial charge in [-0.15, -0.1) is 0 Å². The van der Waals surface area contributed by atoms with Gasteiger partial charge in [0.15, 0.2) is 0 Å². The molecule has 0 saturated carbocycles. The molecule has 27 heavy (non-hydrogen) atoms. The summed E-state index contributed by atoms with van der Waals surface area (Å²) >= 11 is 0. The zero-order valence-electron chi connectivity index (χ0n) is 16.2. The first-order chi connectivity index (χ1) is 12.9. The molecule has 0 atom stereocenters. The minimum atomic E-state index is -0.312. The van der Waals surface area contributed by atoms with E-state index in [1.165, 1.54) is 6.07 Å². The third-order valence-corrected chi connectivity index (χ3v) is 5.32. The molecule has 3 amide bonds. The molecule has 6 nitrogen and oxygen atoms in total. The van der Waals surface area contributed by atoms with Crippen LogP contribution < -0.4 is 5.32 Å². The highest BCUT2D eigenvalue weighted by Gasteiger charge is 2.30. The number of hydrogen-bond donors (Lipinski definition) is 1. The minimum Gasteiger partial charge on any atom is -0.326 e. The summed E-state index contributed by atoms with van der Waals surface area (Å²) < 4.78 is 14.2. The van der Waals surface area contributed by atoms with Crippen LogP contribution in [0.15, 0.2) is 18.2 Å². The summed E-state index contributed by atoms with van der Waals surface area (Å²) in [5, 5.41) is 2.83. The van der Waals surface area contributed by atoms with Gasteiger partial charge >= 0.3 is 6.03 Å². The minimum absolute atomic E-state index is 0.0944. The molecule has 2 saturated heterocycles. The second-order valence-corrected chi connectivity index (χ2v) is 7.77. The normalized spacial score (nSPS) is 18.2. The molecule has 3 rings (SSSR count). The third-order valence-electron chi connectivity index (χ3n) is 5.32. The van der Waals surface area contributed by atoms with E-state index in [9.17, 15) is 14.0 Å². The van der Waals surface area contributed by atoms with Crippen LogP contribution in [0.3, 0.4) is 0 Å². The van der Waals surface area contributed by atoms with E-state index >= 15 is 0 Å². The topological polar surface area (TPSA) is 55.9 Å². The van der Waals surface area contributed by atoms with E-state index in [0.29, 0.717) is 43.7 Å². The molecule has 2 aliphatic rings. The molecule has 0 bridgehead atoms. The Hall–Kier alpha value is -2.15. The van der Waals surface area contributed by atoms with Crippen molar-refractivity contribution in [1.82, 2.24) is 14.7 Å². The maximum Gasteiger partial charge on any atom is 0.319 e. The summed E-state index contributed by atoms with van der Waals surface area (Å²) in [7, 11) is 3.77. The van der Waals surface area contributed by atoms with Crippen molar-refractivity contribution in [3.63, 3.8) is 0 Å². The quantitative estimate of drug-likeness (QED) is 0.879. The fourth-order valence-corrected chi connectivity index (χ4v) is 3.78. The smallest absolute Gasteiger partial charge is 0.319 e. The average molecular weight is 376 g/mol. The number of likely N-dealkylation sites (tertiary alicyclic amines) is 2. The molecular formula is C20H29FN4O2. The summed E-state index contributed by atoms with van der Waals surface area (Å²) in [6, 6.07) is 4.93. The standard InChI is InChI=1S/C20H29FN4O2/c1-23(2)14-16-5-6-17(13-18(16)21)22-19(26)15-7-11-25(12-8-15)20(27)24-9-3-4-10-24/h5-6,13,15H,3-4,7-12,14H2,1-2H3,(H,22,26). The number of hydrogen-bond acceptors (Lipinski definition) is 3. The lowest BCUT2D eigenvalue weighted by Gasteiger charge is -2.34. The number of benzene rings is 1. The van der Waals surface area contributed by atoms with E-state index < -0.39 is 0 Å². The fraction of sp³-hybridized carbons (Fsp3) is 0.600. The number of nitrogens with one attached hydrogen (secondary N) is 1. The zero-order valence-corrected chi connectivity index (χ0v) is 16.2. The number of urea groups is 1. The monoisotopic (exact) mass is 376 g/mol. The number of amides is 3. The second kappa shape index (κ2) is 8.69. The van der Waals surface area contributed by atoms with Gasteiger partial charge in [-0.2, -0.15) is 0 Å². The van der Waals surface area contributed by atoms with Gasteiger partial charge in [-0.3, -0.25) is 4.79 Å². The Kier molecular flexibility index (Phi) is 6.31. The van der Waals surface area contributed by atoms with E-state index in [0.717, 1.165) is 25.9 Å².